The number of thiophene rings is 1. The van der Waals surface area contributed by atoms with Gasteiger partial charge in [-0.2, -0.15) is 0 Å². The standard InChI is InChI=1S/C22H22N2O3S/c25-22(23-13-17(19-8-5-11-26-19)24-9-3-4-10-24)20-12-15-14-27-18-7-2-1-6-16(18)21(15)28-20/h1-2,5-8,11-12,17H,3-4,9-10,13-14H2,(H,23,25)/t17-/m1/s1. The van der Waals surface area contributed by atoms with Crippen LogP contribution in [0, 0.1) is 0 Å². The van der Waals surface area contributed by atoms with Crippen molar-refractivity contribution in [1.29, 1.82) is 0 Å². The molecule has 2 aromatic heterocycles. The molecule has 2 aliphatic rings. The number of nitrogens with zero attached hydrogens (tertiary/aromatic N) is 1. The number of likely N-dealkylation sites (tertiary alicyclic amines) is 1. The maximum atomic E-state index is 12.9. The number of carbonyl (C=O) groups excluding carboxylic acids is 1. The van der Waals surface area contributed by atoms with Crippen LogP contribution in [0.15, 0.2) is 53.1 Å². The molecule has 2 aliphatic heterocycles. The van der Waals surface area contributed by atoms with E-state index in [0.717, 1.165) is 45.5 Å². The zero-order chi connectivity index (χ0) is 18.9. The molecule has 0 radical (unpaired) electrons. The molecule has 5 rings (SSSR count). The van der Waals surface area contributed by atoms with Gasteiger partial charge in [0.25, 0.3) is 5.91 Å². The lowest BCUT2D eigenvalue weighted by atomic mass is 10.1. The number of ether oxygens (including phenoxy) is 1. The number of nitrogens with one attached hydrogen (secondary N) is 1. The highest BCUT2D eigenvalue weighted by molar-refractivity contribution is 7.17. The fourth-order valence-electron chi connectivity index (χ4n) is 4.03. The summed E-state index contributed by atoms with van der Waals surface area (Å²) in [4.78, 5) is 17.1. The van der Waals surface area contributed by atoms with Gasteiger partial charge in [0, 0.05) is 22.5 Å². The SMILES string of the molecule is O=C(NC[C@H](c1ccco1)N1CCCC1)c1cc2c(s1)-c1ccccc1OC2. The quantitative estimate of drug-likeness (QED) is 0.694. The number of fused-ring (bicyclic) bond motifs is 3. The fraction of sp³-hybridized carbons (Fsp3) is 0.318. The zero-order valence-corrected chi connectivity index (χ0v) is 16.3. The summed E-state index contributed by atoms with van der Waals surface area (Å²) in [5.74, 6) is 1.76. The molecule has 0 spiro atoms. The van der Waals surface area contributed by atoms with Gasteiger partial charge in [-0.15, -0.1) is 11.3 Å². The van der Waals surface area contributed by atoms with E-state index in [2.05, 4.69) is 10.2 Å². The van der Waals surface area contributed by atoms with Gasteiger partial charge in [-0.1, -0.05) is 12.1 Å². The third-order valence-electron chi connectivity index (χ3n) is 5.46. The summed E-state index contributed by atoms with van der Waals surface area (Å²) < 4.78 is 11.5. The van der Waals surface area contributed by atoms with E-state index < -0.39 is 0 Å². The zero-order valence-electron chi connectivity index (χ0n) is 15.5. The molecule has 0 aliphatic carbocycles. The Labute approximate surface area is 167 Å². The van der Waals surface area contributed by atoms with E-state index in [0.29, 0.717) is 13.2 Å². The number of rotatable bonds is 5. The van der Waals surface area contributed by atoms with Gasteiger partial charge in [0.15, 0.2) is 0 Å². The lowest BCUT2D eigenvalue weighted by Gasteiger charge is -2.25. The predicted octanol–water partition coefficient (Wildman–Crippen LogP) is 4.47. The Hall–Kier alpha value is -2.57. The maximum absolute atomic E-state index is 12.9. The number of para-hydroxylation sites is 1. The summed E-state index contributed by atoms with van der Waals surface area (Å²) in [5, 5.41) is 3.13. The van der Waals surface area contributed by atoms with Gasteiger partial charge >= 0.3 is 0 Å². The van der Waals surface area contributed by atoms with Gasteiger partial charge in [-0.25, -0.2) is 0 Å². The van der Waals surface area contributed by atoms with Crippen molar-refractivity contribution in [3.8, 4) is 16.2 Å². The Morgan fingerprint density at radius 3 is 2.86 bits per heavy atom. The molecule has 1 aromatic carbocycles. The lowest BCUT2D eigenvalue weighted by Crippen LogP contribution is -2.36. The van der Waals surface area contributed by atoms with Crippen LogP contribution in [0.3, 0.4) is 0 Å². The molecule has 4 heterocycles. The van der Waals surface area contributed by atoms with Crippen molar-refractivity contribution >= 4 is 17.2 Å². The molecular formula is C22H22N2O3S. The molecule has 0 unspecified atom stereocenters. The number of furan rings is 1. The first-order chi connectivity index (χ1) is 13.8. The molecule has 1 N–H and O–H groups in total. The molecule has 28 heavy (non-hydrogen) atoms. The Morgan fingerprint density at radius 1 is 1.18 bits per heavy atom. The molecule has 6 heteroatoms. The maximum Gasteiger partial charge on any atom is 0.261 e. The molecule has 0 bridgehead atoms. The first-order valence-corrected chi connectivity index (χ1v) is 10.5. The normalized spacial score (nSPS) is 16.9. The Bertz CT molecular complexity index is 974. The van der Waals surface area contributed by atoms with E-state index in [4.69, 9.17) is 9.15 Å². The van der Waals surface area contributed by atoms with E-state index in [-0.39, 0.29) is 11.9 Å². The van der Waals surface area contributed by atoms with E-state index in [9.17, 15) is 4.79 Å². The summed E-state index contributed by atoms with van der Waals surface area (Å²) in [5.41, 5.74) is 2.15. The predicted molar refractivity (Wildman–Crippen MR) is 109 cm³/mol. The number of carbonyl (C=O) groups is 1. The van der Waals surface area contributed by atoms with Gasteiger partial charge in [0.2, 0.25) is 0 Å². The average Bonchev–Trinajstić information content (AvgIpc) is 3.49. The van der Waals surface area contributed by atoms with Crippen LogP contribution >= 0.6 is 11.3 Å². The highest BCUT2D eigenvalue weighted by Gasteiger charge is 2.27. The van der Waals surface area contributed by atoms with Crippen LogP contribution in [-0.2, 0) is 6.61 Å². The Balaban J connectivity index is 1.33. The van der Waals surface area contributed by atoms with Crippen molar-refractivity contribution in [1.82, 2.24) is 10.2 Å². The largest absolute Gasteiger partial charge is 0.488 e. The van der Waals surface area contributed by atoms with Gasteiger partial charge in [0.1, 0.15) is 18.1 Å². The summed E-state index contributed by atoms with van der Waals surface area (Å²) in [6.07, 6.45) is 4.09. The van der Waals surface area contributed by atoms with Crippen molar-refractivity contribution < 1.29 is 13.9 Å². The van der Waals surface area contributed by atoms with Crippen LogP contribution in [0.5, 0.6) is 5.75 Å². The van der Waals surface area contributed by atoms with E-state index in [1.165, 1.54) is 24.2 Å². The topological polar surface area (TPSA) is 54.7 Å². The molecule has 1 fully saturated rings. The van der Waals surface area contributed by atoms with Crippen molar-refractivity contribution in [2.75, 3.05) is 19.6 Å². The lowest BCUT2D eigenvalue weighted by molar-refractivity contribution is 0.0937. The monoisotopic (exact) mass is 394 g/mol. The van der Waals surface area contributed by atoms with Crippen LogP contribution in [0.4, 0.5) is 0 Å². The van der Waals surface area contributed by atoms with E-state index in [1.54, 1.807) is 6.26 Å². The number of hydrogen-bond donors (Lipinski definition) is 1. The minimum Gasteiger partial charge on any atom is -0.488 e. The Morgan fingerprint density at radius 2 is 2.04 bits per heavy atom. The van der Waals surface area contributed by atoms with Crippen molar-refractivity contribution in [3.63, 3.8) is 0 Å². The highest BCUT2D eigenvalue weighted by Crippen LogP contribution is 2.42. The molecule has 144 valence electrons. The third kappa shape index (κ3) is 3.23. The highest BCUT2D eigenvalue weighted by atomic mass is 32.1. The number of hydrogen-bond acceptors (Lipinski definition) is 5. The first-order valence-electron chi connectivity index (χ1n) is 9.70. The third-order valence-corrected chi connectivity index (χ3v) is 6.67. The van der Waals surface area contributed by atoms with Crippen molar-refractivity contribution in [2.45, 2.75) is 25.5 Å². The van der Waals surface area contributed by atoms with Gasteiger partial charge in [-0.05, 0) is 56.3 Å². The van der Waals surface area contributed by atoms with Crippen LogP contribution in [-0.4, -0.2) is 30.4 Å². The summed E-state index contributed by atoms with van der Waals surface area (Å²) in [6.45, 7) is 3.15. The molecule has 5 nitrogen and oxygen atoms in total. The smallest absolute Gasteiger partial charge is 0.261 e. The minimum atomic E-state index is -0.0346. The minimum absolute atomic E-state index is 0.0346. The second kappa shape index (κ2) is 7.45. The van der Waals surface area contributed by atoms with Crippen molar-refractivity contribution in [3.05, 3.63) is 64.9 Å². The Kier molecular flexibility index (Phi) is 4.66. The van der Waals surface area contributed by atoms with Crippen LogP contribution in [0.2, 0.25) is 0 Å². The van der Waals surface area contributed by atoms with Crippen LogP contribution < -0.4 is 10.1 Å². The first kappa shape index (κ1) is 17.5. The summed E-state index contributed by atoms with van der Waals surface area (Å²) in [7, 11) is 0. The van der Waals surface area contributed by atoms with Gasteiger partial charge in [0.05, 0.1) is 17.2 Å². The molecule has 1 amide bonds. The van der Waals surface area contributed by atoms with E-state index >= 15 is 0 Å². The average molecular weight is 394 g/mol. The second-order valence-corrected chi connectivity index (χ2v) is 8.29. The number of amides is 1. The molecule has 1 atom stereocenters. The summed E-state index contributed by atoms with van der Waals surface area (Å²) >= 11 is 1.54. The molecule has 0 saturated carbocycles. The second-order valence-electron chi connectivity index (χ2n) is 7.23. The molecular weight excluding hydrogens is 372 g/mol. The molecule has 1 saturated heterocycles. The van der Waals surface area contributed by atoms with Gasteiger partial charge in [-0.3, -0.25) is 9.69 Å². The van der Waals surface area contributed by atoms with Crippen LogP contribution in [0.25, 0.3) is 10.4 Å². The summed E-state index contributed by atoms with van der Waals surface area (Å²) in [6, 6.07) is 13.9. The number of benzene rings is 1. The van der Waals surface area contributed by atoms with Crippen molar-refractivity contribution in [2.24, 2.45) is 0 Å². The van der Waals surface area contributed by atoms with Crippen LogP contribution in [0.1, 0.15) is 39.9 Å². The van der Waals surface area contributed by atoms with E-state index in [1.807, 2.05) is 42.5 Å². The molecule has 3 aromatic rings. The fourth-order valence-corrected chi connectivity index (χ4v) is 5.15. The van der Waals surface area contributed by atoms with Gasteiger partial charge < -0.3 is 14.5 Å².